The third-order valence-electron chi connectivity index (χ3n) is 2.55. The molecule has 0 spiro atoms. The second-order valence-electron chi connectivity index (χ2n) is 3.40. The number of hydrogen-bond donors (Lipinski definition) is 2. The van der Waals surface area contributed by atoms with Crippen molar-refractivity contribution in [3.63, 3.8) is 0 Å². The van der Waals surface area contributed by atoms with E-state index in [4.69, 9.17) is 10.9 Å². The van der Waals surface area contributed by atoms with E-state index >= 15 is 0 Å². The van der Waals surface area contributed by atoms with E-state index in [0.717, 1.165) is 6.42 Å². The Labute approximate surface area is 81.0 Å². The predicted molar refractivity (Wildman–Crippen MR) is 52.1 cm³/mol. The molecule has 0 atom stereocenters. The summed E-state index contributed by atoms with van der Waals surface area (Å²) in [5.74, 6) is -0.372. The molecular weight excluding hydrogens is 183 g/mol. The van der Waals surface area contributed by atoms with Gasteiger partial charge in [-0.3, -0.25) is 0 Å². The molecule has 1 aliphatic rings. The van der Waals surface area contributed by atoms with Crippen LogP contribution in [0, 0.1) is 5.82 Å². The molecule has 1 aromatic carbocycles. The van der Waals surface area contributed by atoms with Gasteiger partial charge in [-0.15, -0.1) is 0 Å². The maximum Gasteiger partial charge on any atom is 0.149 e. The molecule has 1 aliphatic carbocycles. The van der Waals surface area contributed by atoms with Crippen LogP contribution in [0.3, 0.4) is 0 Å². The molecule has 1 aromatic rings. The molecule has 0 bridgehead atoms. The number of oxime groups is 1. The van der Waals surface area contributed by atoms with Crippen LogP contribution in [-0.4, -0.2) is 10.9 Å². The average Bonchev–Trinajstić information content (AvgIpc) is 2.23. The van der Waals surface area contributed by atoms with Crippen LogP contribution in [0.4, 0.5) is 10.1 Å². The zero-order chi connectivity index (χ0) is 10.1. The van der Waals surface area contributed by atoms with Gasteiger partial charge in [0, 0.05) is 5.56 Å². The summed E-state index contributed by atoms with van der Waals surface area (Å²) in [6, 6.07) is 3.21. The molecule has 0 aliphatic heterocycles. The predicted octanol–water partition coefficient (Wildman–Crippen LogP) is 1.92. The maximum atomic E-state index is 13.5. The van der Waals surface area contributed by atoms with Gasteiger partial charge in [0.2, 0.25) is 0 Å². The molecule has 0 amide bonds. The largest absolute Gasteiger partial charge is 0.411 e. The molecule has 0 fully saturated rings. The summed E-state index contributed by atoms with van der Waals surface area (Å²) in [6.07, 6.45) is 2.14. The van der Waals surface area contributed by atoms with Gasteiger partial charge >= 0.3 is 0 Å². The van der Waals surface area contributed by atoms with Gasteiger partial charge in [-0.2, -0.15) is 0 Å². The molecule has 0 saturated heterocycles. The second kappa shape index (κ2) is 3.29. The van der Waals surface area contributed by atoms with Crippen LogP contribution in [0.15, 0.2) is 17.3 Å². The van der Waals surface area contributed by atoms with Crippen LogP contribution in [0.2, 0.25) is 0 Å². The normalized spacial score (nSPS) is 18.2. The maximum absolute atomic E-state index is 13.5. The number of benzene rings is 1. The highest BCUT2D eigenvalue weighted by molar-refractivity contribution is 6.02. The van der Waals surface area contributed by atoms with E-state index in [1.165, 1.54) is 6.07 Å². The quantitative estimate of drug-likeness (QED) is 0.376. The minimum Gasteiger partial charge on any atom is -0.411 e. The lowest BCUT2D eigenvalue weighted by molar-refractivity contribution is 0.317. The van der Waals surface area contributed by atoms with Crippen LogP contribution in [0.25, 0.3) is 0 Å². The van der Waals surface area contributed by atoms with Crippen molar-refractivity contribution < 1.29 is 9.60 Å². The Morgan fingerprint density at radius 1 is 1.36 bits per heavy atom. The van der Waals surface area contributed by atoms with Crippen molar-refractivity contribution in [2.24, 2.45) is 5.16 Å². The summed E-state index contributed by atoms with van der Waals surface area (Å²) in [5.41, 5.74) is 7.41. The number of nitrogens with two attached hydrogens (primary N) is 1. The first-order chi connectivity index (χ1) is 6.74. The van der Waals surface area contributed by atoms with E-state index in [1.54, 1.807) is 6.07 Å². The molecule has 74 valence electrons. The lowest BCUT2D eigenvalue weighted by Gasteiger charge is -2.17. The molecule has 3 N–H and O–H groups in total. The Balaban J connectivity index is 2.62. The van der Waals surface area contributed by atoms with Gasteiger partial charge in [0.05, 0.1) is 11.4 Å². The molecule has 14 heavy (non-hydrogen) atoms. The Morgan fingerprint density at radius 2 is 2.14 bits per heavy atom. The number of fused-ring (bicyclic) bond motifs is 1. The van der Waals surface area contributed by atoms with Crippen LogP contribution in [0.1, 0.15) is 24.0 Å². The standard InChI is InChI=1S/C10H11FN2O/c11-10-7-2-1-3-9(13-14)6(7)4-5-8(10)12/h4-5,14H,1-3,12H2/b13-9-. The summed E-state index contributed by atoms with van der Waals surface area (Å²) < 4.78 is 13.5. The van der Waals surface area contributed by atoms with Crippen LogP contribution >= 0.6 is 0 Å². The lowest BCUT2D eigenvalue weighted by atomic mass is 9.89. The lowest BCUT2D eigenvalue weighted by Crippen LogP contribution is -2.14. The van der Waals surface area contributed by atoms with Crippen LogP contribution in [-0.2, 0) is 6.42 Å². The van der Waals surface area contributed by atoms with E-state index in [1.807, 2.05) is 0 Å². The van der Waals surface area contributed by atoms with Crippen molar-refractivity contribution in [3.05, 3.63) is 29.1 Å². The third kappa shape index (κ3) is 1.23. The topological polar surface area (TPSA) is 58.6 Å². The van der Waals surface area contributed by atoms with Crippen molar-refractivity contribution >= 4 is 11.4 Å². The average molecular weight is 194 g/mol. The van der Waals surface area contributed by atoms with Gasteiger partial charge in [-0.25, -0.2) is 4.39 Å². The summed E-state index contributed by atoms with van der Waals surface area (Å²) in [4.78, 5) is 0. The van der Waals surface area contributed by atoms with Crippen molar-refractivity contribution in [1.82, 2.24) is 0 Å². The van der Waals surface area contributed by atoms with Crippen molar-refractivity contribution in [3.8, 4) is 0 Å². The molecule has 0 aromatic heterocycles. The van der Waals surface area contributed by atoms with Crippen molar-refractivity contribution in [2.45, 2.75) is 19.3 Å². The molecule has 0 heterocycles. The number of anilines is 1. The summed E-state index contributed by atoms with van der Waals surface area (Å²) in [7, 11) is 0. The first-order valence-electron chi connectivity index (χ1n) is 4.52. The fourth-order valence-corrected chi connectivity index (χ4v) is 1.83. The Kier molecular flexibility index (Phi) is 2.11. The van der Waals surface area contributed by atoms with Gasteiger partial charge in [-0.1, -0.05) is 11.2 Å². The highest BCUT2D eigenvalue weighted by Crippen LogP contribution is 2.27. The van der Waals surface area contributed by atoms with Gasteiger partial charge in [0.25, 0.3) is 0 Å². The van der Waals surface area contributed by atoms with Gasteiger partial charge in [0.1, 0.15) is 5.82 Å². The Morgan fingerprint density at radius 3 is 2.86 bits per heavy atom. The van der Waals surface area contributed by atoms with E-state index < -0.39 is 0 Å². The van der Waals surface area contributed by atoms with Crippen LogP contribution in [0.5, 0.6) is 0 Å². The molecule has 0 unspecified atom stereocenters. The number of halogens is 1. The van der Waals surface area contributed by atoms with Gasteiger partial charge in [0.15, 0.2) is 0 Å². The van der Waals surface area contributed by atoms with Crippen LogP contribution < -0.4 is 5.73 Å². The van der Waals surface area contributed by atoms with E-state index in [-0.39, 0.29) is 11.5 Å². The SMILES string of the molecule is Nc1ccc2c(c1F)CCC/C2=N/O. The highest BCUT2D eigenvalue weighted by atomic mass is 19.1. The zero-order valence-corrected chi connectivity index (χ0v) is 7.63. The van der Waals surface area contributed by atoms with E-state index in [0.29, 0.717) is 29.7 Å². The molecule has 2 rings (SSSR count). The number of hydrogen-bond acceptors (Lipinski definition) is 3. The smallest absolute Gasteiger partial charge is 0.149 e. The monoisotopic (exact) mass is 194 g/mol. The molecule has 0 radical (unpaired) electrons. The fourth-order valence-electron chi connectivity index (χ4n) is 1.83. The number of nitrogen functional groups attached to an aromatic ring is 1. The van der Waals surface area contributed by atoms with Gasteiger partial charge in [-0.05, 0) is 30.9 Å². The summed E-state index contributed by atoms with van der Waals surface area (Å²) in [5, 5.41) is 11.9. The Hall–Kier alpha value is -1.58. The zero-order valence-electron chi connectivity index (χ0n) is 7.63. The number of rotatable bonds is 0. The molecule has 3 nitrogen and oxygen atoms in total. The van der Waals surface area contributed by atoms with E-state index in [9.17, 15) is 4.39 Å². The highest BCUT2D eigenvalue weighted by Gasteiger charge is 2.20. The molecule has 0 saturated carbocycles. The van der Waals surface area contributed by atoms with Crippen molar-refractivity contribution in [1.29, 1.82) is 0 Å². The van der Waals surface area contributed by atoms with Crippen molar-refractivity contribution in [2.75, 3.05) is 5.73 Å². The first-order valence-corrected chi connectivity index (χ1v) is 4.52. The summed E-state index contributed by atoms with van der Waals surface area (Å²) in [6.45, 7) is 0. The minimum atomic E-state index is -0.372. The molecular formula is C10H11FN2O. The van der Waals surface area contributed by atoms with Gasteiger partial charge < -0.3 is 10.9 Å². The third-order valence-corrected chi connectivity index (χ3v) is 2.55. The molecule has 4 heteroatoms. The fraction of sp³-hybridized carbons (Fsp3) is 0.300. The minimum absolute atomic E-state index is 0.155. The Bertz CT molecular complexity index is 401. The van der Waals surface area contributed by atoms with E-state index in [2.05, 4.69) is 5.16 Å². The summed E-state index contributed by atoms with van der Waals surface area (Å²) >= 11 is 0. The first kappa shape index (κ1) is 8.99. The second-order valence-corrected chi connectivity index (χ2v) is 3.40. The number of nitrogens with zero attached hydrogens (tertiary/aromatic N) is 1.